The number of hydrogen-bond donors (Lipinski definition) is 1. The zero-order valence-corrected chi connectivity index (χ0v) is 15.3. The molecule has 0 saturated heterocycles. The lowest BCUT2D eigenvalue weighted by atomic mass is 10.1. The van der Waals surface area contributed by atoms with E-state index >= 15 is 0 Å². The van der Waals surface area contributed by atoms with Crippen LogP contribution in [0.25, 0.3) is 22.1 Å². The highest BCUT2D eigenvalue weighted by Crippen LogP contribution is 2.26. The predicted octanol–water partition coefficient (Wildman–Crippen LogP) is 3.74. The van der Waals surface area contributed by atoms with Crippen molar-refractivity contribution >= 4 is 39.4 Å². The van der Waals surface area contributed by atoms with Crippen molar-refractivity contribution in [3.8, 4) is 0 Å². The lowest BCUT2D eigenvalue weighted by Gasteiger charge is -2.04. The predicted molar refractivity (Wildman–Crippen MR) is 107 cm³/mol. The Labute approximate surface area is 159 Å². The van der Waals surface area contributed by atoms with Crippen LogP contribution >= 0.6 is 0 Å². The van der Waals surface area contributed by atoms with E-state index in [-0.39, 0.29) is 11.6 Å². The van der Waals surface area contributed by atoms with Crippen molar-refractivity contribution in [2.45, 2.75) is 20.4 Å². The van der Waals surface area contributed by atoms with Gasteiger partial charge in [-0.2, -0.15) is 10.1 Å². The summed E-state index contributed by atoms with van der Waals surface area (Å²) in [5, 5.41) is 24.5. The lowest BCUT2D eigenvalue weighted by molar-refractivity contribution is -0.384. The van der Waals surface area contributed by atoms with Crippen molar-refractivity contribution in [3.05, 3.63) is 64.2 Å². The maximum Gasteiger partial charge on any atom is 0.269 e. The number of nitrogens with zero attached hydrogens (tertiary/aromatic N) is 6. The molecule has 28 heavy (non-hydrogen) atoms. The second-order valence-corrected chi connectivity index (χ2v) is 6.18. The van der Waals surface area contributed by atoms with Gasteiger partial charge in [-0.15, -0.1) is 10.2 Å². The number of benzene rings is 2. The van der Waals surface area contributed by atoms with Gasteiger partial charge in [0.25, 0.3) is 11.6 Å². The zero-order valence-electron chi connectivity index (χ0n) is 15.3. The normalized spacial score (nSPS) is 11.9. The molecule has 140 valence electrons. The zero-order chi connectivity index (χ0) is 19.7. The van der Waals surface area contributed by atoms with E-state index in [2.05, 4.69) is 37.2 Å². The fourth-order valence-corrected chi connectivity index (χ4v) is 3.09. The van der Waals surface area contributed by atoms with Gasteiger partial charge in [-0.25, -0.2) is 5.43 Å². The molecule has 0 aliphatic carbocycles. The van der Waals surface area contributed by atoms with Crippen LogP contribution in [0.3, 0.4) is 0 Å². The molecule has 2 heterocycles. The lowest BCUT2D eigenvalue weighted by Crippen LogP contribution is -2.05. The summed E-state index contributed by atoms with van der Waals surface area (Å²) in [6.45, 7) is 4.61. The van der Waals surface area contributed by atoms with Gasteiger partial charge >= 0.3 is 0 Å². The van der Waals surface area contributed by atoms with Crippen LogP contribution in [-0.4, -0.2) is 30.4 Å². The largest absolute Gasteiger partial charge is 0.324 e. The smallest absolute Gasteiger partial charge is 0.269 e. The molecule has 0 unspecified atom stereocenters. The van der Waals surface area contributed by atoms with Gasteiger partial charge < -0.3 is 4.57 Å². The third kappa shape index (κ3) is 3.02. The van der Waals surface area contributed by atoms with Gasteiger partial charge in [-0.05, 0) is 37.6 Å². The standard InChI is InChI=1S/C19H17N7O2/c1-3-25-16-7-5-4-6-15(16)17-18(25)20-19(24-22-17)23-21-12(2)13-8-10-14(11-9-13)26(27)28/h4-11H,3H2,1-2H3,(H,20,23,24)/b21-12-. The summed E-state index contributed by atoms with van der Waals surface area (Å²) < 4.78 is 2.08. The number of rotatable bonds is 5. The number of para-hydroxylation sites is 1. The topological polar surface area (TPSA) is 111 Å². The molecule has 4 aromatic rings. The van der Waals surface area contributed by atoms with Crippen molar-refractivity contribution in [2.75, 3.05) is 5.43 Å². The number of anilines is 1. The highest BCUT2D eigenvalue weighted by atomic mass is 16.6. The summed E-state index contributed by atoms with van der Waals surface area (Å²) >= 11 is 0. The van der Waals surface area contributed by atoms with Crippen molar-refractivity contribution in [1.82, 2.24) is 19.7 Å². The van der Waals surface area contributed by atoms with Gasteiger partial charge in [0, 0.05) is 24.1 Å². The molecule has 9 heteroatoms. The minimum Gasteiger partial charge on any atom is -0.324 e. The number of nitro benzene ring substituents is 1. The van der Waals surface area contributed by atoms with Gasteiger partial charge in [0.15, 0.2) is 5.65 Å². The summed E-state index contributed by atoms with van der Waals surface area (Å²) in [6.07, 6.45) is 0. The molecule has 2 aromatic carbocycles. The summed E-state index contributed by atoms with van der Waals surface area (Å²) in [7, 11) is 0. The molecule has 2 aromatic heterocycles. The molecule has 9 nitrogen and oxygen atoms in total. The van der Waals surface area contributed by atoms with Crippen molar-refractivity contribution in [1.29, 1.82) is 0 Å². The molecule has 0 bridgehead atoms. The van der Waals surface area contributed by atoms with Crippen LogP contribution in [-0.2, 0) is 6.54 Å². The summed E-state index contributed by atoms with van der Waals surface area (Å²) in [4.78, 5) is 14.9. The van der Waals surface area contributed by atoms with E-state index in [9.17, 15) is 10.1 Å². The Bertz CT molecular complexity index is 1210. The first-order valence-electron chi connectivity index (χ1n) is 8.75. The number of hydrogen-bond acceptors (Lipinski definition) is 7. The molecule has 4 rings (SSSR count). The van der Waals surface area contributed by atoms with E-state index in [0.717, 1.165) is 34.2 Å². The first-order chi connectivity index (χ1) is 13.6. The van der Waals surface area contributed by atoms with Crippen LogP contribution < -0.4 is 5.43 Å². The van der Waals surface area contributed by atoms with Crippen LogP contribution in [0.2, 0.25) is 0 Å². The van der Waals surface area contributed by atoms with Crippen molar-refractivity contribution < 1.29 is 4.92 Å². The summed E-state index contributed by atoms with van der Waals surface area (Å²) in [5.74, 6) is 0.284. The minimum absolute atomic E-state index is 0.0369. The van der Waals surface area contributed by atoms with E-state index in [1.165, 1.54) is 12.1 Å². The Balaban J connectivity index is 1.65. The number of hydrazone groups is 1. The molecule has 0 amide bonds. The Kier molecular flexibility index (Phi) is 4.40. The molecule has 0 fully saturated rings. The first-order valence-corrected chi connectivity index (χ1v) is 8.75. The van der Waals surface area contributed by atoms with Crippen molar-refractivity contribution in [2.24, 2.45) is 5.10 Å². The van der Waals surface area contributed by atoms with Gasteiger partial charge in [-0.3, -0.25) is 10.1 Å². The van der Waals surface area contributed by atoms with Crippen LogP contribution in [0.15, 0.2) is 53.6 Å². The maximum absolute atomic E-state index is 10.8. The number of aromatic nitrogens is 4. The molecule has 1 N–H and O–H groups in total. The van der Waals surface area contributed by atoms with Gasteiger partial charge in [0.05, 0.1) is 16.2 Å². The number of aryl methyl sites for hydroxylation is 1. The van der Waals surface area contributed by atoms with Gasteiger partial charge in [0.2, 0.25) is 0 Å². The third-order valence-electron chi connectivity index (χ3n) is 4.51. The molecule has 0 aliphatic rings. The number of non-ortho nitro benzene ring substituents is 1. The Morgan fingerprint density at radius 3 is 2.64 bits per heavy atom. The highest BCUT2D eigenvalue weighted by molar-refractivity contribution is 6.04. The molecular formula is C19H17N7O2. The summed E-state index contributed by atoms with van der Waals surface area (Å²) in [5.41, 5.74) is 6.82. The fraction of sp³-hybridized carbons (Fsp3) is 0.158. The second-order valence-electron chi connectivity index (χ2n) is 6.18. The van der Waals surface area contributed by atoms with Crippen LogP contribution in [0, 0.1) is 10.1 Å². The number of fused-ring (bicyclic) bond motifs is 3. The van der Waals surface area contributed by atoms with Crippen LogP contribution in [0.1, 0.15) is 19.4 Å². The average Bonchev–Trinajstić information content (AvgIpc) is 3.05. The van der Waals surface area contributed by atoms with Gasteiger partial charge in [-0.1, -0.05) is 18.2 Å². The third-order valence-corrected chi connectivity index (χ3v) is 4.51. The van der Waals surface area contributed by atoms with Crippen molar-refractivity contribution in [3.63, 3.8) is 0 Å². The summed E-state index contributed by atoms with van der Waals surface area (Å²) in [6, 6.07) is 14.2. The number of nitrogens with one attached hydrogen (secondary N) is 1. The highest BCUT2D eigenvalue weighted by Gasteiger charge is 2.13. The Morgan fingerprint density at radius 1 is 1.18 bits per heavy atom. The average molecular weight is 375 g/mol. The van der Waals surface area contributed by atoms with E-state index in [0.29, 0.717) is 5.71 Å². The molecule has 0 radical (unpaired) electrons. The van der Waals surface area contributed by atoms with E-state index in [4.69, 9.17) is 0 Å². The SMILES string of the molecule is CCn1c2ccccc2c2nnc(N/N=C(/C)c3ccc([N+](=O)[O-])cc3)nc21. The van der Waals surface area contributed by atoms with E-state index in [1.807, 2.05) is 24.3 Å². The second kappa shape index (κ2) is 7.03. The molecule has 0 aliphatic heterocycles. The van der Waals surface area contributed by atoms with Gasteiger partial charge in [0.1, 0.15) is 5.52 Å². The molecule has 0 spiro atoms. The quantitative estimate of drug-likeness (QED) is 0.323. The van der Waals surface area contributed by atoms with E-state index < -0.39 is 4.92 Å². The van der Waals surface area contributed by atoms with E-state index in [1.54, 1.807) is 19.1 Å². The molecular weight excluding hydrogens is 358 g/mol. The first kappa shape index (κ1) is 17.5. The Hall–Kier alpha value is -3.88. The molecule has 0 saturated carbocycles. The maximum atomic E-state index is 10.8. The molecule has 0 atom stereocenters. The number of nitro groups is 1. The monoisotopic (exact) mass is 375 g/mol. The van der Waals surface area contributed by atoms with Crippen LogP contribution in [0.5, 0.6) is 0 Å². The Morgan fingerprint density at radius 2 is 1.93 bits per heavy atom. The minimum atomic E-state index is -0.434. The fourth-order valence-electron chi connectivity index (χ4n) is 3.09. The van der Waals surface area contributed by atoms with Crippen LogP contribution in [0.4, 0.5) is 11.6 Å².